The maximum atomic E-state index is 11.9. The summed E-state index contributed by atoms with van der Waals surface area (Å²) in [4.78, 5) is 34.9. The predicted molar refractivity (Wildman–Crippen MR) is 75.4 cm³/mol. The van der Waals surface area contributed by atoms with Crippen LogP contribution < -0.4 is 5.32 Å². The molecule has 0 aliphatic carbocycles. The summed E-state index contributed by atoms with van der Waals surface area (Å²) >= 11 is 0. The van der Waals surface area contributed by atoms with Crippen molar-refractivity contribution in [3.8, 4) is 0 Å². The van der Waals surface area contributed by atoms with Crippen molar-refractivity contribution in [2.45, 2.75) is 0 Å². The Hall–Kier alpha value is -3.09. The summed E-state index contributed by atoms with van der Waals surface area (Å²) in [5.74, 6) is -1.82. The number of ether oxygens (including phenoxy) is 2. The van der Waals surface area contributed by atoms with Crippen molar-refractivity contribution in [2.75, 3.05) is 19.0 Å². The Morgan fingerprint density at radius 1 is 1.14 bits per heavy atom. The fourth-order valence-corrected chi connectivity index (χ4v) is 1.62. The lowest BCUT2D eigenvalue weighted by atomic mass is 10.1. The van der Waals surface area contributed by atoms with Gasteiger partial charge in [-0.3, -0.25) is 4.79 Å². The maximum absolute atomic E-state index is 11.9. The van der Waals surface area contributed by atoms with Gasteiger partial charge in [-0.1, -0.05) is 12.1 Å². The van der Waals surface area contributed by atoms with Gasteiger partial charge >= 0.3 is 11.9 Å². The van der Waals surface area contributed by atoms with E-state index in [0.717, 1.165) is 0 Å². The lowest BCUT2D eigenvalue weighted by Crippen LogP contribution is -2.18. The van der Waals surface area contributed by atoms with Crippen molar-refractivity contribution in [2.24, 2.45) is 0 Å². The number of amides is 1. The van der Waals surface area contributed by atoms with Crippen LogP contribution in [0.1, 0.15) is 20.9 Å². The van der Waals surface area contributed by atoms with E-state index in [1.165, 1.54) is 31.6 Å². The molecule has 0 aliphatic rings. The van der Waals surface area contributed by atoms with Crippen LogP contribution in [0.3, 0.4) is 0 Å². The van der Waals surface area contributed by atoms with Crippen molar-refractivity contribution in [1.29, 1.82) is 0 Å². The number of furan rings is 1. The normalized spacial score (nSPS) is 9.86. The summed E-state index contributed by atoms with van der Waals surface area (Å²) in [5.41, 5.74) is 0.366. The van der Waals surface area contributed by atoms with Crippen LogP contribution in [-0.2, 0) is 14.3 Å². The molecule has 1 aromatic carbocycles. The lowest BCUT2D eigenvalue weighted by Gasteiger charge is -2.09. The van der Waals surface area contributed by atoms with Gasteiger partial charge in [-0.2, -0.15) is 0 Å². The number of nitrogens with one attached hydrogen (secondary N) is 1. The van der Waals surface area contributed by atoms with Crippen molar-refractivity contribution < 1.29 is 28.3 Å². The quantitative estimate of drug-likeness (QED) is 0.847. The Kier molecular flexibility index (Phi) is 4.92. The molecule has 1 heterocycles. The summed E-state index contributed by atoms with van der Waals surface area (Å²) in [6.45, 7) is -0.504. The molecule has 1 aromatic heterocycles. The van der Waals surface area contributed by atoms with Gasteiger partial charge in [0.15, 0.2) is 12.4 Å². The van der Waals surface area contributed by atoms with Crippen LogP contribution in [0.25, 0.3) is 0 Å². The highest BCUT2D eigenvalue weighted by molar-refractivity contribution is 6.06. The average Bonchev–Trinajstić information content (AvgIpc) is 3.07. The molecule has 0 bridgehead atoms. The van der Waals surface area contributed by atoms with E-state index in [1.807, 2.05) is 0 Å². The minimum Gasteiger partial charge on any atom is -0.466 e. The van der Waals surface area contributed by atoms with Gasteiger partial charge in [0.25, 0.3) is 5.91 Å². The first kappa shape index (κ1) is 15.3. The van der Waals surface area contributed by atoms with E-state index >= 15 is 0 Å². The number of benzene rings is 1. The molecule has 1 amide bonds. The second-order valence-electron chi connectivity index (χ2n) is 4.13. The van der Waals surface area contributed by atoms with Crippen LogP contribution in [-0.4, -0.2) is 31.6 Å². The molecule has 114 valence electrons. The third-order valence-electron chi connectivity index (χ3n) is 2.69. The van der Waals surface area contributed by atoms with E-state index < -0.39 is 24.5 Å². The smallest absolute Gasteiger partial charge is 0.344 e. The molecule has 0 saturated carbocycles. The highest BCUT2D eigenvalue weighted by Crippen LogP contribution is 2.17. The predicted octanol–water partition coefficient (Wildman–Crippen LogP) is 1.86. The molecule has 0 fully saturated rings. The van der Waals surface area contributed by atoms with E-state index in [2.05, 4.69) is 10.1 Å². The van der Waals surface area contributed by atoms with Crippen molar-refractivity contribution >= 4 is 23.5 Å². The molecule has 22 heavy (non-hydrogen) atoms. The van der Waals surface area contributed by atoms with Gasteiger partial charge in [-0.15, -0.1) is 0 Å². The van der Waals surface area contributed by atoms with Gasteiger partial charge in [0.2, 0.25) is 0 Å². The number of hydrogen-bond acceptors (Lipinski definition) is 6. The number of carbonyl (C=O) groups is 3. The van der Waals surface area contributed by atoms with Crippen LogP contribution in [0.15, 0.2) is 47.1 Å². The van der Waals surface area contributed by atoms with E-state index in [-0.39, 0.29) is 17.0 Å². The molecular formula is C15H13NO6. The molecule has 7 nitrogen and oxygen atoms in total. The van der Waals surface area contributed by atoms with E-state index in [0.29, 0.717) is 0 Å². The highest BCUT2D eigenvalue weighted by atomic mass is 16.6. The van der Waals surface area contributed by atoms with Gasteiger partial charge in [0, 0.05) is 0 Å². The summed E-state index contributed by atoms with van der Waals surface area (Å²) in [5, 5.41) is 2.55. The van der Waals surface area contributed by atoms with Crippen LogP contribution in [0.4, 0.5) is 5.69 Å². The van der Waals surface area contributed by atoms with Gasteiger partial charge in [-0.25, -0.2) is 9.59 Å². The van der Waals surface area contributed by atoms with Crippen LogP contribution in [0, 0.1) is 0 Å². The largest absolute Gasteiger partial charge is 0.466 e. The van der Waals surface area contributed by atoms with Gasteiger partial charge in [0.05, 0.1) is 24.6 Å². The highest BCUT2D eigenvalue weighted by Gasteiger charge is 2.17. The summed E-state index contributed by atoms with van der Waals surface area (Å²) in [7, 11) is 1.19. The second-order valence-corrected chi connectivity index (χ2v) is 4.13. The van der Waals surface area contributed by atoms with E-state index in [4.69, 9.17) is 9.15 Å². The van der Waals surface area contributed by atoms with Gasteiger partial charge < -0.3 is 19.2 Å². The molecular weight excluding hydrogens is 290 g/mol. The van der Waals surface area contributed by atoms with Crippen LogP contribution >= 0.6 is 0 Å². The Bertz CT molecular complexity index is 677. The Balaban J connectivity index is 2.11. The first-order valence-corrected chi connectivity index (χ1v) is 6.29. The number of carbonyl (C=O) groups excluding carboxylic acids is 3. The average molecular weight is 303 g/mol. The molecule has 0 spiro atoms. The zero-order valence-corrected chi connectivity index (χ0v) is 11.7. The summed E-state index contributed by atoms with van der Waals surface area (Å²) < 4.78 is 14.2. The van der Waals surface area contributed by atoms with E-state index in [9.17, 15) is 14.4 Å². The molecule has 0 atom stereocenters. The zero-order chi connectivity index (χ0) is 15.9. The number of methoxy groups -OCH3 is 1. The SMILES string of the molecule is COC(=O)COC(=O)c1ccccc1NC(=O)c1ccco1. The van der Waals surface area contributed by atoms with E-state index in [1.54, 1.807) is 18.2 Å². The summed E-state index contributed by atoms with van der Waals surface area (Å²) in [6.07, 6.45) is 1.37. The van der Waals surface area contributed by atoms with Gasteiger partial charge in [-0.05, 0) is 24.3 Å². The number of esters is 2. The molecule has 0 aliphatic heterocycles. The Morgan fingerprint density at radius 2 is 1.91 bits per heavy atom. The molecule has 0 unspecified atom stereocenters. The molecule has 2 rings (SSSR count). The molecule has 2 aromatic rings. The number of anilines is 1. The first-order chi connectivity index (χ1) is 10.6. The fourth-order valence-electron chi connectivity index (χ4n) is 1.62. The molecule has 7 heteroatoms. The second kappa shape index (κ2) is 7.07. The molecule has 0 radical (unpaired) electrons. The first-order valence-electron chi connectivity index (χ1n) is 6.29. The molecule has 1 N–H and O–H groups in total. The van der Waals surface area contributed by atoms with Crippen LogP contribution in [0.5, 0.6) is 0 Å². The Morgan fingerprint density at radius 3 is 2.59 bits per heavy atom. The van der Waals surface area contributed by atoms with Crippen molar-refractivity contribution in [3.63, 3.8) is 0 Å². The van der Waals surface area contributed by atoms with Gasteiger partial charge in [0.1, 0.15) is 0 Å². The Labute approximate surface area is 125 Å². The number of rotatable bonds is 5. The topological polar surface area (TPSA) is 94.8 Å². The third-order valence-corrected chi connectivity index (χ3v) is 2.69. The van der Waals surface area contributed by atoms with Crippen molar-refractivity contribution in [3.05, 3.63) is 54.0 Å². The van der Waals surface area contributed by atoms with Crippen LogP contribution in [0.2, 0.25) is 0 Å². The van der Waals surface area contributed by atoms with Crippen molar-refractivity contribution in [1.82, 2.24) is 0 Å². The fraction of sp³-hybridized carbons (Fsp3) is 0.133. The minimum atomic E-state index is -0.749. The minimum absolute atomic E-state index is 0.109. The third kappa shape index (κ3) is 3.72. The number of para-hydroxylation sites is 1. The standard InChI is InChI=1S/C15H13NO6/c1-20-13(17)9-22-15(19)10-5-2-3-6-11(10)16-14(18)12-7-4-8-21-12/h2-8H,9H2,1H3,(H,16,18). The maximum Gasteiger partial charge on any atom is 0.344 e. The zero-order valence-electron chi connectivity index (χ0n) is 11.7. The molecule has 0 saturated heterocycles. The summed E-state index contributed by atoms with van der Waals surface area (Å²) in [6, 6.07) is 9.33. The monoisotopic (exact) mass is 303 g/mol. The lowest BCUT2D eigenvalue weighted by molar-refractivity contribution is -0.144. The number of hydrogen-bond donors (Lipinski definition) is 1.